The summed E-state index contributed by atoms with van der Waals surface area (Å²) in [6, 6.07) is 12.4. The van der Waals surface area contributed by atoms with E-state index in [4.69, 9.17) is 9.15 Å². The molecular formula is C18H24N2O4S. The van der Waals surface area contributed by atoms with Crippen molar-refractivity contribution in [2.75, 3.05) is 26.8 Å². The highest BCUT2D eigenvalue weighted by molar-refractivity contribution is 7.87. The largest absolute Gasteiger partial charge is 0.467 e. The lowest BCUT2D eigenvalue weighted by molar-refractivity contribution is 0.121. The van der Waals surface area contributed by atoms with Crippen LogP contribution in [0.5, 0.6) is 0 Å². The molecule has 2 heterocycles. The molecule has 3 rings (SSSR count). The highest BCUT2D eigenvalue weighted by atomic mass is 32.2. The van der Waals surface area contributed by atoms with Crippen LogP contribution in [0.3, 0.4) is 0 Å². The van der Waals surface area contributed by atoms with Crippen LogP contribution in [0.4, 0.5) is 0 Å². The minimum atomic E-state index is -3.61. The minimum Gasteiger partial charge on any atom is -0.467 e. The summed E-state index contributed by atoms with van der Waals surface area (Å²) in [6.07, 6.45) is 3.17. The van der Waals surface area contributed by atoms with Crippen molar-refractivity contribution < 1.29 is 17.6 Å². The zero-order chi connectivity index (χ0) is 17.7. The van der Waals surface area contributed by atoms with Crippen LogP contribution in [0.25, 0.3) is 0 Å². The van der Waals surface area contributed by atoms with Gasteiger partial charge < -0.3 is 9.15 Å². The summed E-state index contributed by atoms with van der Waals surface area (Å²) >= 11 is 0. The molecule has 1 aromatic carbocycles. The van der Waals surface area contributed by atoms with E-state index in [1.54, 1.807) is 25.5 Å². The number of nitrogens with one attached hydrogen (secondary N) is 1. The van der Waals surface area contributed by atoms with Crippen LogP contribution in [-0.2, 0) is 14.9 Å². The first-order chi connectivity index (χ1) is 12.1. The van der Waals surface area contributed by atoms with Gasteiger partial charge in [0, 0.05) is 26.8 Å². The van der Waals surface area contributed by atoms with Crippen LogP contribution < -0.4 is 4.72 Å². The predicted octanol–water partition coefficient (Wildman–Crippen LogP) is 2.56. The van der Waals surface area contributed by atoms with Gasteiger partial charge in [-0.15, -0.1) is 0 Å². The van der Waals surface area contributed by atoms with Gasteiger partial charge in [-0.1, -0.05) is 30.3 Å². The number of nitrogens with zero attached hydrogens (tertiary/aromatic N) is 1. The average Bonchev–Trinajstić information content (AvgIpc) is 3.16. The Morgan fingerprint density at radius 3 is 2.52 bits per heavy atom. The van der Waals surface area contributed by atoms with E-state index in [1.165, 1.54) is 4.31 Å². The van der Waals surface area contributed by atoms with Gasteiger partial charge in [0.05, 0.1) is 6.26 Å². The van der Waals surface area contributed by atoms with Gasteiger partial charge in [-0.25, -0.2) is 0 Å². The molecule has 0 bridgehead atoms. The Kier molecular flexibility index (Phi) is 5.90. The molecule has 0 unspecified atom stereocenters. The molecule has 0 radical (unpaired) electrons. The molecule has 0 saturated carbocycles. The Morgan fingerprint density at radius 1 is 1.20 bits per heavy atom. The third kappa shape index (κ3) is 4.49. The maximum absolute atomic E-state index is 12.9. The van der Waals surface area contributed by atoms with E-state index in [0.717, 1.165) is 18.4 Å². The number of benzene rings is 1. The third-order valence-electron chi connectivity index (χ3n) is 4.54. The van der Waals surface area contributed by atoms with Crippen LogP contribution in [-0.4, -0.2) is 39.5 Å². The van der Waals surface area contributed by atoms with E-state index in [-0.39, 0.29) is 0 Å². The maximum Gasteiger partial charge on any atom is 0.280 e. The molecule has 0 amide bonds. The van der Waals surface area contributed by atoms with Crippen LogP contribution in [0.1, 0.15) is 30.2 Å². The Labute approximate surface area is 149 Å². The molecule has 1 N–H and O–H groups in total. The summed E-state index contributed by atoms with van der Waals surface area (Å²) in [5, 5.41) is 0. The first-order valence-corrected chi connectivity index (χ1v) is 9.89. The monoisotopic (exact) mass is 364 g/mol. The first-order valence-electron chi connectivity index (χ1n) is 8.45. The van der Waals surface area contributed by atoms with E-state index >= 15 is 0 Å². The van der Waals surface area contributed by atoms with Gasteiger partial charge in [-0.2, -0.15) is 17.4 Å². The summed E-state index contributed by atoms with van der Waals surface area (Å²) < 4.78 is 40.7. The van der Waals surface area contributed by atoms with Gasteiger partial charge in [0.2, 0.25) is 0 Å². The number of hydrogen-bond acceptors (Lipinski definition) is 4. The fourth-order valence-corrected chi connectivity index (χ4v) is 4.56. The normalized spacial score (nSPS) is 18.3. The molecule has 2 aromatic rings. The topological polar surface area (TPSA) is 71.8 Å². The van der Waals surface area contributed by atoms with Crippen LogP contribution in [0.2, 0.25) is 0 Å². The Bertz CT molecular complexity index is 739. The lowest BCUT2D eigenvalue weighted by Crippen LogP contribution is -2.46. The van der Waals surface area contributed by atoms with Crippen molar-refractivity contribution in [3.63, 3.8) is 0 Å². The number of hydrogen-bond donors (Lipinski definition) is 1. The Balaban J connectivity index is 1.75. The van der Waals surface area contributed by atoms with E-state index in [1.807, 2.05) is 30.3 Å². The smallest absolute Gasteiger partial charge is 0.280 e. The van der Waals surface area contributed by atoms with Gasteiger partial charge >= 0.3 is 0 Å². The molecule has 7 heteroatoms. The number of methoxy groups -OCH3 is 1. The average molecular weight is 364 g/mol. The number of ether oxygens (including phenoxy) is 1. The fourth-order valence-electron chi connectivity index (χ4n) is 3.17. The van der Waals surface area contributed by atoms with Crippen LogP contribution in [0, 0.1) is 5.92 Å². The highest BCUT2D eigenvalue weighted by Crippen LogP contribution is 2.25. The molecule has 1 aliphatic heterocycles. The van der Waals surface area contributed by atoms with Gasteiger partial charge in [0.15, 0.2) is 0 Å². The number of furan rings is 1. The molecular weight excluding hydrogens is 340 g/mol. The Morgan fingerprint density at radius 2 is 1.92 bits per heavy atom. The summed E-state index contributed by atoms with van der Waals surface area (Å²) in [5.41, 5.74) is 0.843. The standard InChI is InChI=1S/C18H24N2O4S/c1-23-14-15-9-11-20(12-10-15)25(21,22)19-18(17-8-5-13-24-17)16-6-3-2-4-7-16/h2-8,13,15,18-19H,9-12,14H2,1H3/t18-/m1/s1. The zero-order valence-corrected chi connectivity index (χ0v) is 15.1. The second-order valence-corrected chi connectivity index (χ2v) is 7.98. The molecule has 1 saturated heterocycles. The van der Waals surface area contributed by atoms with Gasteiger partial charge in [0.25, 0.3) is 10.2 Å². The first kappa shape index (κ1) is 18.1. The van der Waals surface area contributed by atoms with Crippen molar-refractivity contribution in [3.05, 3.63) is 60.1 Å². The van der Waals surface area contributed by atoms with Crippen molar-refractivity contribution in [1.29, 1.82) is 0 Å². The third-order valence-corrected chi connectivity index (χ3v) is 6.12. The predicted molar refractivity (Wildman–Crippen MR) is 95.2 cm³/mol. The van der Waals surface area contributed by atoms with Crippen molar-refractivity contribution in [1.82, 2.24) is 9.03 Å². The van der Waals surface area contributed by atoms with Gasteiger partial charge in [-0.3, -0.25) is 0 Å². The van der Waals surface area contributed by atoms with Crippen LogP contribution >= 0.6 is 0 Å². The van der Waals surface area contributed by atoms with E-state index in [0.29, 0.717) is 31.4 Å². The highest BCUT2D eigenvalue weighted by Gasteiger charge is 2.31. The van der Waals surface area contributed by atoms with E-state index in [9.17, 15) is 8.42 Å². The molecule has 136 valence electrons. The summed E-state index contributed by atoms with van der Waals surface area (Å²) in [7, 11) is -1.93. The second-order valence-electron chi connectivity index (χ2n) is 6.28. The van der Waals surface area contributed by atoms with Gasteiger partial charge in [-0.05, 0) is 36.5 Å². The molecule has 1 aliphatic rings. The van der Waals surface area contributed by atoms with E-state index in [2.05, 4.69) is 4.72 Å². The van der Waals surface area contributed by atoms with Crippen LogP contribution in [0.15, 0.2) is 53.1 Å². The molecule has 25 heavy (non-hydrogen) atoms. The maximum atomic E-state index is 12.9. The van der Waals surface area contributed by atoms with E-state index < -0.39 is 16.3 Å². The van der Waals surface area contributed by atoms with Crippen molar-refractivity contribution >= 4 is 10.2 Å². The quantitative estimate of drug-likeness (QED) is 0.820. The zero-order valence-electron chi connectivity index (χ0n) is 14.3. The summed E-state index contributed by atoms with van der Waals surface area (Å²) in [6.45, 7) is 1.69. The molecule has 0 aliphatic carbocycles. The molecule has 1 aromatic heterocycles. The summed E-state index contributed by atoms with van der Waals surface area (Å²) in [4.78, 5) is 0. The Hall–Kier alpha value is -1.67. The molecule has 1 fully saturated rings. The lowest BCUT2D eigenvalue weighted by atomic mass is 9.99. The second kappa shape index (κ2) is 8.14. The number of piperidine rings is 1. The summed E-state index contributed by atoms with van der Waals surface area (Å²) in [5.74, 6) is 0.996. The van der Waals surface area contributed by atoms with Crippen molar-refractivity contribution in [2.45, 2.75) is 18.9 Å². The molecule has 0 spiro atoms. The van der Waals surface area contributed by atoms with Crippen molar-refractivity contribution in [2.24, 2.45) is 5.92 Å². The van der Waals surface area contributed by atoms with Gasteiger partial charge in [0.1, 0.15) is 11.8 Å². The molecule has 6 nitrogen and oxygen atoms in total. The molecule has 1 atom stereocenters. The lowest BCUT2D eigenvalue weighted by Gasteiger charge is -2.32. The minimum absolute atomic E-state index is 0.423. The number of rotatable bonds is 7. The SMILES string of the molecule is COCC1CCN(S(=O)(=O)N[C@H](c2ccccc2)c2ccco2)CC1. The van der Waals surface area contributed by atoms with Crippen molar-refractivity contribution in [3.8, 4) is 0 Å². The fraction of sp³-hybridized carbons (Fsp3) is 0.444.